The number of ketones is 3. The molecular weight excluding hydrogens is 825 g/mol. The predicted octanol–water partition coefficient (Wildman–Crippen LogP) is 3.62. The molecule has 4 amide bonds. The van der Waals surface area contributed by atoms with Gasteiger partial charge in [0.1, 0.15) is 6.04 Å². The summed E-state index contributed by atoms with van der Waals surface area (Å²) in [6, 6.07) is 4.72. The lowest BCUT2D eigenvalue weighted by atomic mass is 9.80. The van der Waals surface area contributed by atoms with Crippen molar-refractivity contribution in [3.05, 3.63) is 64.7 Å². The molecule has 63 heavy (non-hydrogen) atoms. The van der Waals surface area contributed by atoms with Gasteiger partial charge in [-0.3, -0.25) is 24.0 Å². The Morgan fingerprint density at radius 2 is 1.35 bits per heavy atom. The van der Waals surface area contributed by atoms with Gasteiger partial charge in [0.15, 0.2) is 17.3 Å². The van der Waals surface area contributed by atoms with E-state index in [9.17, 15) is 32.4 Å². The van der Waals surface area contributed by atoms with E-state index in [1.54, 1.807) is 11.8 Å². The number of nitrogens with zero attached hydrogens (tertiary/aromatic N) is 1. The second-order valence-electron chi connectivity index (χ2n) is 17.7. The molecule has 17 heteroatoms. The van der Waals surface area contributed by atoms with Crippen molar-refractivity contribution in [3.8, 4) is 0 Å². The first-order valence-corrected chi connectivity index (χ1v) is 24.3. The summed E-state index contributed by atoms with van der Waals surface area (Å²) in [4.78, 5) is 85.8. The highest BCUT2D eigenvalue weighted by Crippen LogP contribution is 2.35. The average molecular weight is 893 g/mol. The van der Waals surface area contributed by atoms with Crippen molar-refractivity contribution in [2.75, 3.05) is 20.1 Å². The van der Waals surface area contributed by atoms with Gasteiger partial charge in [0.2, 0.25) is 11.8 Å². The highest BCUT2D eigenvalue weighted by molar-refractivity contribution is 7.90. The number of likely N-dealkylation sites (tertiary alicyclic amines) is 1. The van der Waals surface area contributed by atoms with Crippen molar-refractivity contribution in [2.45, 2.75) is 151 Å². The molecule has 11 N–H and O–H groups in total. The summed E-state index contributed by atoms with van der Waals surface area (Å²) in [7, 11) is -3.30. The van der Waals surface area contributed by atoms with Crippen LogP contribution in [-0.4, -0.2) is 98.9 Å². The maximum atomic E-state index is 15.3. The maximum absolute atomic E-state index is 15.3. The standard InChI is InChI=1S/C46H68N8O8S/c1-51-36(28-31-18-9-4-10-19-31)44(58)52-35(20-11-12-24-47)45(59)54-25-13-21-37(54)43(57)40-38(63(61,62)53-46(50)60)23-22-32(41(55)33(48)26-29-14-5-2-6-15-29)39(40)42(56)34(49)27-30-16-7-3-8-17-30/h4,9-10,18-19,22-23,29-30,33-37,51H,2-3,5-8,11-17,20-21,24-28,47-49H2,1H3,(H,52,58)(H3,50,53,60)/t33-,34+,35-,36-,37-/m0/s1. The van der Waals surface area contributed by atoms with Crippen LogP contribution in [0.25, 0.3) is 0 Å². The number of primary amides is 1. The number of amides is 4. The Labute approximate surface area is 371 Å². The molecule has 1 aliphatic heterocycles. The van der Waals surface area contributed by atoms with E-state index in [1.807, 2.05) is 30.3 Å². The van der Waals surface area contributed by atoms with Crippen molar-refractivity contribution in [1.29, 1.82) is 0 Å². The van der Waals surface area contributed by atoms with Crippen LogP contribution < -0.4 is 38.3 Å². The SMILES string of the molecule is CN[C@@H](Cc1ccccc1)C(=O)N[C@@H](CCCCN)C(=O)N1CCC[C@H]1C(=O)c1c(S(=O)(=O)NC(N)=O)ccc(C(=O)[C@@H](N)CC2CCCCC2)c1C(=O)[C@H](N)CC1CCCCC1. The summed E-state index contributed by atoms with van der Waals surface area (Å²) in [5, 5.41) is 5.93. The van der Waals surface area contributed by atoms with Gasteiger partial charge in [-0.1, -0.05) is 94.5 Å². The lowest BCUT2D eigenvalue weighted by molar-refractivity contribution is -0.137. The monoisotopic (exact) mass is 892 g/mol. The fraction of sp³-hybridized carbons (Fsp3) is 0.609. The van der Waals surface area contributed by atoms with Crippen LogP contribution in [0.15, 0.2) is 47.4 Å². The second kappa shape index (κ2) is 23.4. The first kappa shape index (κ1) is 49.5. The lowest BCUT2D eigenvalue weighted by Crippen LogP contribution is -2.55. The van der Waals surface area contributed by atoms with E-state index < -0.39 is 91.5 Å². The van der Waals surface area contributed by atoms with Gasteiger partial charge in [0.25, 0.3) is 10.0 Å². The van der Waals surface area contributed by atoms with Crippen LogP contribution in [0.1, 0.15) is 146 Å². The molecule has 16 nitrogen and oxygen atoms in total. The number of nitrogens with one attached hydrogen (secondary N) is 3. The summed E-state index contributed by atoms with van der Waals surface area (Å²) in [6.45, 7) is 0.428. The van der Waals surface area contributed by atoms with Crippen molar-refractivity contribution < 1.29 is 37.2 Å². The summed E-state index contributed by atoms with van der Waals surface area (Å²) in [5.74, 6) is -3.14. The van der Waals surface area contributed by atoms with E-state index in [4.69, 9.17) is 22.9 Å². The molecule has 5 atom stereocenters. The van der Waals surface area contributed by atoms with Gasteiger partial charge in [-0.25, -0.2) is 17.9 Å². The first-order chi connectivity index (χ1) is 30.2. The van der Waals surface area contributed by atoms with Crippen molar-refractivity contribution in [2.24, 2.45) is 34.8 Å². The largest absolute Gasteiger partial charge is 0.351 e. The van der Waals surface area contributed by atoms with Crippen LogP contribution in [0.4, 0.5) is 4.79 Å². The second-order valence-corrected chi connectivity index (χ2v) is 19.3. The number of hydrogen-bond acceptors (Lipinski definition) is 12. The Kier molecular flexibility index (Phi) is 18.4. The minimum Gasteiger partial charge on any atom is -0.351 e. The van der Waals surface area contributed by atoms with Crippen LogP contribution in [0.3, 0.4) is 0 Å². The van der Waals surface area contributed by atoms with E-state index in [0.29, 0.717) is 38.6 Å². The molecular formula is C46H68N8O8S. The molecule has 2 saturated carbocycles. The minimum atomic E-state index is -4.94. The number of hydrogen-bond donors (Lipinski definition) is 7. The molecule has 346 valence electrons. The molecule has 3 aliphatic rings. The van der Waals surface area contributed by atoms with Crippen LogP contribution in [0.2, 0.25) is 0 Å². The third kappa shape index (κ3) is 13.0. The third-order valence-electron chi connectivity index (χ3n) is 13.1. The fourth-order valence-corrected chi connectivity index (χ4v) is 10.8. The van der Waals surface area contributed by atoms with Gasteiger partial charge < -0.3 is 38.5 Å². The van der Waals surface area contributed by atoms with Gasteiger partial charge in [0.05, 0.1) is 34.6 Å². The topological polar surface area (TPSA) is 280 Å². The molecule has 0 aromatic heterocycles. The number of urea groups is 1. The summed E-state index contributed by atoms with van der Waals surface area (Å²) >= 11 is 0. The van der Waals surface area contributed by atoms with Gasteiger partial charge >= 0.3 is 6.03 Å². The fourth-order valence-electron chi connectivity index (χ4n) is 9.73. The zero-order valence-electron chi connectivity index (χ0n) is 36.7. The summed E-state index contributed by atoms with van der Waals surface area (Å²) < 4.78 is 29.7. The van der Waals surface area contributed by atoms with Crippen LogP contribution >= 0.6 is 0 Å². The van der Waals surface area contributed by atoms with Crippen LogP contribution in [0.5, 0.6) is 0 Å². The first-order valence-electron chi connectivity index (χ1n) is 22.8. The number of rotatable bonds is 22. The number of unbranched alkanes of at least 4 members (excludes halogenated alkanes) is 1. The van der Waals surface area contributed by atoms with E-state index in [-0.39, 0.29) is 43.2 Å². The number of carbonyl (C=O) groups excluding carboxylic acids is 6. The van der Waals surface area contributed by atoms with Crippen molar-refractivity contribution in [3.63, 3.8) is 0 Å². The molecule has 1 saturated heterocycles. The van der Waals surface area contributed by atoms with Crippen LogP contribution in [0, 0.1) is 11.8 Å². The minimum absolute atomic E-state index is 0.0745. The smallest absolute Gasteiger partial charge is 0.326 e. The average Bonchev–Trinajstić information content (AvgIpc) is 3.77. The molecule has 1 heterocycles. The highest BCUT2D eigenvalue weighted by atomic mass is 32.2. The molecule has 2 aromatic carbocycles. The normalized spacial score (nSPS) is 19.4. The van der Waals surface area contributed by atoms with E-state index >= 15 is 4.79 Å². The molecule has 5 rings (SSSR count). The molecule has 0 unspecified atom stereocenters. The van der Waals surface area contributed by atoms with E-state index in [2.05, 4.69) is 10.6 Å². The Morgan fingerprint density at radius 1 is 0.746 bits per heavy atom. The van der Waals surface area contributed by atoms with Gasteiger partial charge in [-0.05, 0) is 94.5 Å². The molecule has 2 aliphatic carbocycles. The third-order valence-corrected chi connectivity index (χ3v) is 14.5. The quantitative estimate of drug-likeness (QED) is 0.0660. The van der Waals surface area contributed by atoms with E-state index in [1.165, 1.54) is 4.90 Å². The van der Waals surface area contributed by atoms with Gasteiger partial charge in [-0.15, -0.1) is 0 Å². The Hall–Kier alpha value is -4.55. The Bertz CT molecular complexity index is 2040. The Morgan fingerprint density at radius 3 is 1.92 bits per heavy atom. The zero-order valence-corrected chi connectivity index (χ0v) is 37.5. The molecule has 2 aromatic rings. The molecule has 0 spiro atoms. The number of sulfonamides is 1. The van der Waals surface area contributed by atoms with Crippen molar-refractivity contribution in [1.82, 2.24) is 20.3 Å². The van der Waals surface area contributed by atoms with Crippen molar-refractivity contribution >= 4 is 45.2 Å². The number of nitrogens with two attached hydrogens (primary N) is 4. The molecule has 0 bridgehead atoms. The highest BCUT2D eigenvalue weighted by Gasteiger charge is 2.43. The maximum Gasteiger partial charge on any atom is 0.326 e. The number of carbonyl (C=O) groups is 6. The molecule has 3 fully saturated rings. The van der Waals surface area contributed by atoms with Gasteiger partial charge in [0, 0.05) is 17.7 Å². The summed E-state index contributed by atoms with van der Waals surface area (Å²) in [5.41, 5.74) is 23.9. The zero-order chi connectivity index (χ0) is 45.7. The summed E-state index contributed by atoms with van der Waals surface area (Å²) in [6.07, 6.45) is 12.1. The predicted molar refractivity (Wildman–Crippen MR) is 240 cm³/mol. The number of Topliss-reactive ketones (excluding diaryl/α,β-unsaturated/α-hetero) is 3. The number of benzene rings is 2. The molecule has 0 radical (unpaired) electrons. The van der Waals surface area contributed by atoms with E-state index in [0.717, 1.165) is 81.9 Å². The number of likely N-dealkylation sites (N-methyl/N-ethyl adjacent to an activating group) is 1. The Balaban J connectivity index is 1.58. The van der Waals surface area contributed by atoms with Gasteiger partial charge in [-0.2, -0.15) is 0 Å². The van der Waals surface area contributed by atoms with Crippen LogP contribution in [-0.2, 0) is 26.0 Å². The lowest BCUT2D eigenvalue weighted by Gasteiger charge is -2.31.